The molecule has 1 amide bonds. The maximum Gasteiger partial charge on any atom is 0.226 e. The highest BCUT2D eigenvalue weighted by Crippen LogP contribution is 2.22. The molecule has 0 saturated carbocycles. The molecule has 3 rings (SSSR count). The number of piperidine rings is 1. The van der Waals surface area contributed by atoms with E-state index in [1.54, 1.807) is 7.11 Å². The molecule has 26 heavy (non-hydrogen) atoms. The van der Waals surface area contributed by atoms with Crippen LogP contribution in [0, 0.1) is 0 Å². The zero-order chi connectivity index (χ0) is 18.2. The summed E-state index contributed by atoms with van der Waals surface area (Å²) in [6, 6.07) is 15.8. The molecule has 0 bridgehead atoms. The lowest BCUT2D eigenvalue weighted by Crippen LogP contribution is -2.29. The Balaban J connectivity index is 1.42. The van der Waals surface area contributed by atoms with Gasteiger partial charge in [0.05, 0.1) is 7.11 Å². The van der Waals surface area contributed by atoms with Crippen LogP contribution in [0.4, 0.5) is 17.1 Å². The van der Waals surface area contributed by atoms with E-state index >= 15 is 0 Å². The molecule has 1 aliphatic rings. The minimum atomic E-state index is 0.0109. The second kappa shape index (κ2) is 9.13. The average Bonchev–Trinajstić information content (AvgIpc) is 2.70. The molecule has 1 heterocycles. The highest BCUT2D eigenvalue weighted by Gasteiger charge is 2.10. The summed E-state index contributed by atoms with van der Waals surface area (Å²) in [4.78, 5) is 14.5. The molecule has 1 saturated heterocycles. The second-order valence-electron chi connectivity index (χ2n) is 6.55. The predicted molar refractivity (Wildman–Crippen MR) is 107 cm³/mol. The quantitative estimate of drug-likeness (QED) is 0.786. The van der Waals surface area contributed by atoms with Gasteiger partial charge in [-0.15, -0.1) is 0 Å². The number of hydrogen-bond acceptors (Lipinski definition) is 4. The molecule has 2 N–H and O–H groups in total. The number of ether oxygens (including phenoxy) is 1. The molecule has 138 valence electrons. The minimum Gasteiger partial charge on any atom is -0.497 e. The summed E-state index contributed by atoms with van der Waals surface area (Å²) >= 11 is 0. The van der Waals surface area contributed by atoms with Crippen molar-refractivity contribution in [2.24, 2.45) is 0 Å². The maximum atomic E-state index is 12.1. The van der Waals surface area contributed by atoms with Gasteiger partial charge < -0.3 is 20.3 Å². The number of amides is 1. The zero-order valence-corrected chi connectivity index (χ0v) is 15.3. The standard InChI is InChI=1S/C21H27N3O2/c1-26-20-11-7-17(8-12-20)22-14-13-21(25)23-18-5-9-19(10-6-18)24-15-3-2-4-16-24/h5-12,22H,2-4,13-16H2,1H3,(H,23,25). The molecule has 0 radical (unpaired) electrons. The van der Waals surface area contributed by atoms with Crippen LogP contribution in [0.2, 0.25) is 0 Å². The number of nitrogens with zero attached hydrogens (tertiary/aromatic N) is 1. The predicted octanol–water partition coefficient (Wildman–Crippen LogP) is 4.13. The van der Waals surface area contributed by atoms with Crippen LogP contribution in [0.5, 0.6) is 5.75 Å². The summed E-state index contributed by atoms with van der Waals surface area (Å²) in [7, 11) is 1.64. The van der Waals surface area contributed by atoms with Crippen molar-refractivity contribution in [3.63, 3.8) is 0 Å². The molecule has 2 aromatic carbocycles. The normalized spacial score (nSPS) is 14.0. The van der Waals surface area contributed by atoms with Gasteiger partial charge in [-0.1, -0.05) is 0 Å². The van der Waals surface area contributed by atoms with Gasteiger partial charge >= 0.3 is 0 Å². The van der Waals surface area contributed by atoms with E-state index in [9.17, 15) is 4.79 Å². The molecule has 1 fully saturated rings. The van der Waals surface area contributed by atoms with E-state index < -0.39 is 0 Å². The Morgan fingerprint density at radius 1 is 0.962 bits per heavy atom. The Bertz CT molecular complexity index is 692. The van der Waals surface area contributed by atoms with Gasteiger partial charge in [-0.25, -0.2) is 0 Å². The van der Waals surface area contributed by atoms with E-state index in [4.69, 9.17) is 4.74 Å². The lowest BCUT2D eigenvalue weighted by molar-refractivity contribution is -0.115. The van der Waals surface area contributed by atoms with Gasteiger partial charge in [-0.05, 0) is 67.8 Å². The number of rotatable bonds is 7. The van der Waals surface area contributed by atoms with Crippen molar-refractivity contribution in [2.45, 2.75) is 25.7 Å². The first kappa shape index (κ1) is 18.1. The monoisotopic (exact) mass is 353 g/mol. The molecule has 0 spiro atoms. The summed E-state index contributed by atoms with van der Waals surface area (Å²) in [6.07, 6.45) is 4.27. The fourth-order valence-electron chi connectivity index (χ4n) is 3.16. The highest BCUT2D eigenvalue weighted by molar-refractivity contribution is 5.91. The molecule has 2 aromatic rings. The fourth-order valence-corrected chi connectivity index (χ4v) is 3.16. The minimum absolute atomic E-state index is 0.0109. The number of hydrogen-bond donors (Lipinski definition) is 2. The second-order valence-corrected chi connectivity index (χ2v) is 6.55. The molecule has 5 heteroatoms. The summed E-state index contributed by atoms with van der Waals surface area (Å²) in [5.41, 5.74) is 3.06. The summed E-state index contributed by atoms with van der Waals surface area (Å²) in [6.45, 7) is 2.84. The van der Waals surface area contributed by atoms with Crippen LogP contribution in [0.1, 0.15) is 25.7 Å². The third-order valence-corrected chi connectivity index (χ3v) is 4.64. The topological polar surface area (TPSA) is 53.6 Å². The Kier molecular flexibility index (Phi) is 6.36. The highest BCUT2D eigenvalue weighted by atomic mass is 16.5. The molecule has 0 atom stereocenters. The van der Waals surface area contributed by atoms with Crippen LogP contribution in [0.3, 0.4) is 0 Å². The van der Waals surface area contributed by atoms with Gasteiger partial charge in [0.25, 0.3) is 0 Å². The van der Waals surface area contributed by atoms with Crippen LogP contribution in [-0.4, -0.2) is 32.7 Å². The molecular weight excluding hydrogens is 326 g/mol. The van der Waals surface area contributed by atoms with Crippen LogP contribution < -0.4 is 20.3 Å². The number of carbonyl (C=O) groups is 1. The maximum absolute atomic E-state index is 12.1. The molecule has 0 aliphatic carbocycles. The molecular formula is C21H27N3O2. The van der Waals surface area contributed by atoms with Crippen molar-refractivity contribution in [1.29, 1.82) is 0 Å². The number of carbonyl (C=O) groups excluding carboxylic acids is 1. The first-order chi connectivity index (χ1) is 12.7. The number of anilines is 3. The smallest absolute Gasteiger partial charge is 0.226 e. The lowest BCUT2D eigenvalue weighted by Gasteiger charge is -2.28. The van der Waals surface area contributed by atoms with E-state index in [0.29, 0.717) is 13.0 Å². The van der Waals surface area contributed by atoms with Crippen LogP contribution >= 0.6 is 0 Å². The summed E-state index contributed by atoms with van der Waals surface area (Å²) < 4.78 is 5.13. The van der Waals surface area contributed by atoms with Gasteiger partial charge in [0.1, 0.15) is 5.75 Å². The van der Waals surface area contributed by atoms with Gasteiger partial charge in [-0.2, -0.15) is 0 Å². The molecule has 5 nitrogen and oxygen atoms in total. The lowest BCUT2D eigenvalue weighted by atomic mass is 10.1. The number of nitrogens with one attached hydrogen (secondary N) is 2. The van der Waals surface area contributed by atoms with Crippen LogP contribution in [0.15, 0.2) is 48.5 Å². The van der Waals surface area contributed by atoms with Gasteiger partial charge in [0, 0.05) is 43.1 Å². The molecule has 0 unspecified atom stereocenters. The average molecular weight is 353 g/mol. The number of methoxy groups -OCH3 is 1. The van der Waals surface area contributed by atoms with E-state index in [1.807, 2.05) is 36.4 Å². The SMILES string of the molecule is COc1ccc(NCCC(=O)Nc2ccc(N3CCCCC3)cc2)cc1. The van der Waals surface area contributed by atoms with Gasteiger partial charge in [0.2, 0.25) is 5.91 Å². The zero-order valence-electron chi connectivity index (χ0n) is 15.3. The van der Waals surface area contributed by atoms with Crippen LogP contribution in [0.25, 0.3) is 0 Å². The van der Waals surface area contributed by atoms with E-state index in [2.05, 4.69) is 27.7 Å². The van der Waals surface area contributed by atoms with E-state index in [0.717, 1.165) is 30.2 Å². The van der Waals surface area contributed by atoms with E-state index in [1.165, 1.54) is 24.9 Å². The summed E-state index contributed by atoms with van der Waals surface area (Å²) in [5, 5.41) is 6.20. The van der Waals surface area contributed by atoms with Crippen molar-refractivity contribution in [3.05, 3.63) is 48.5 Å². The third kappa shape index (κ3) is 5.15. The Hall–Kier alpha value is -2.69. The largest absolute Gasteiger partial charge is 0.497 e. The first-order valence-corrected chi connectivity index (χ1v) is 9.27. The van der Waals surface area contributed by atoms with Crippen molar-refractivity contribution in [3.8, 4) is 5.75 Å². The van der Waals surface area contributed by atoms with Crippen molar-refractivity contribution < 1.29 is 9.53 Å². The Labute approximate surface area is 155 Å². The number of benzene rings is 2. The van der Waals surface area contributed by atoms with Crippen molar-refractivity contribution in [2.75, 3.05) is 42.3 Å². The fraction of sp³-hybridized carbons (Fsp3) is 0.381. The van der Waals surface area contributed by atoms with Gasteiger partial charge in [0.15, 0.2) is 0 Å². The van der Waals surface area contributed by atoms with Crippen LogP contribution in [-0.2, 0) is 4.79 Å². The first-order valence-electron chi connectivity index (χ1n) is 9.27. The van der Waals surface area contributed by atoms with Crippen molar-refractivity contribution in [1.82, 2.24) is 0 Å². The third-order valence-electron chi connectivity index (χ3n) is 4.64. The Morgan fingerprint density at radius 2 is 1.62 bits per heavy atom. The van der Waals surface area contributed by atoms with Gasteiger partial charge in [-0.3, -0.25) is 4.79 Å². The van der Waals surface area contributed by atoms with E-state index in [-0.39, 0.29) is 5.91 Å². The summed E-state index contributed by atoms with van der Waals surface area (Å²) in [5.74, 6) is 0.832. The molecule has 0 aromatic heterocycles. The molecule has 1 aliphatic heterocycles. The van der Waals surface area contributed by atoms with Crippen molar-refractivity contribution >= 4 is 23.0 Å². The Morgan fingerprint density at radius 3 is 2.27 bits per heavy atom.